The van der Waals surface area contributed by atoms with Gasteiger partial charge in [0.15, 0.2) is 0 Å². The van der Waals surface area contributed by atoms with Crippen LogP contribution in [0.25, 0.3) is 0 Å². The molecule has 0 spiro atoms. The highest BCUT2D eigenvalue weighted by molar-refractivity contribution is 7.99. The summed E-state index contributed by atoms with van der Waals surface area (Å²) < 4.78 is 0. The van der Waals surface area contributed by atoms with Crippen LogP contribution in [0.3, 0.4) is 0 Å². The number of amides is 1. The molecule has 1 aliphatic heterocycles. The van der Waals surface area contributed by atoms with E-state index in [4.69, 9.17) is 0 Å². The number of non-ortho nitro benzene ring substituents is 1. The van der Waals surface area contributed by atoms with Crippen molar-refractivity contribution in [3.05, 3.63) is 39.9 Å². The predicted octanol–water partition coefficient (Wildman–Crippen LogP) is 2.82. The molecule has 1 fully saturated rings. The second kappa shape index (κ2) is 10.3. The van der Waals surface area contributed by atoms with Crippen molar-refractivity contribution in [3.63, 3.8) is 0 Å². The Morgan fingerprint density at radius 3 is 2.58 bits per heavy atom. The van der Waals surface area contributed by atoms with Gasteiger partial charge in [-0.1, -0.05) is 18.6 Å². The van der Waals surface area contributed by atoms with Gasteiger partial charge in [-0.05, 0) is 44.5 Å². The van der Waals surface area contributed by atoms with Gasteiger partial charge in [-0.3, -0.25) is 14.9 Å². The zero-order chi connectivity index (χ0) is 17.2. The Morgan fingerprint density at radius 1 is 1.21 bits per heavy atom. The number of carbonyl (C=O) groups is 1. The van der Waals surface area contributed by atoms with Crippen LogP contribution in [0.2, 0.25) is 0 Å². The monoisotopic (exact) mass is 351 g/mol. The average molecular weight is 351 g/mol. The Hall–Kier alpha value is -1.60. The molecule has 6 nitrogen and oxygen atoms in total. The standard InChI is InChI=1S/C17H25N3O3S/c21-17(18-9-4-12-19-10-2-1-3-11-19)14-24-13-15-5-7-16(8-6-15)20(22)23/h5-8H,1-4,9-14H2,(H,18,21). The number of hydrogen-bond donors (Lipinski definition) is 1. The fourth-order valence-corrected chi connectivity index (χ4v) is 3.56. The van der Waals surface area contributed by atoms with Gasteiger partial charge in [0, 0.05) is 24.4 Å². The van der Waals surface area contributed by atoms with Gasteiger partial charge in [0.1, 0.15) is 0 Å². The number of piperidine rings is 1. The molecule has 2 rings (SSSR count). The summed E-state index contributed by atoms with van der Waals surface area (Å²) >= 11 is 1.52. The molecule has 0 radical (unpaired) electrons. The third-order valence-corrected chi connectivity index (χ3v) is 5.07. The largest absolute Gasteiger partial charge is 0.355 e. The number of carbonyl (C=O) groups excluding carboxylic acids is 1. The number of nitro groups is 1. The van der Waals surface area contributed by atoms with Crippen LogP contribution in [0.5, 0.6) is 0 Å². The van der Waals surface area contributed by atoms with E-state index in [0.29, 0.717) is 11.5 Å². The van der Waals surface area contributed by atoms with E-state index in [-0.39, 0.29) is 11.6 Å². The highest BCUT2D eigenvalue weighted by atomic mass is 32.2. The zero-order valence-electron chi connectivity index (χ0n) is 13.9. The Labute approximate surface area is 147 Å². The molecule has 1 aromatic rings. The Morgan fingerprint density at radius 2 is 1.92 bits per heavy atom. The first-order chi connectivity index (χ1) is 11.6. The fourth-order valence-electron chi connectivity index (χ4n) is 2.74. The van der Waals surface area contributed by atoms with Gasteiger partial charge in [0.2, 0.25) is 5.91 Å². The summed E-state index contributed by atoms with van der Waals surface area (Å²) in [5, 5.41) is 13.5. The molecule has 132 valence electrons. The molecular weight excluding hydrogens is 326 g/mol. The normalized spacial score (nSPS) is 15.2. The molecule has 24 heavy (non-hydrogen) atoms. The first-order valence-corrected chi connectivity index (χ1v) is 9.61. The lowest BCUT2D eigenvalue weighted by molar-refractivity contribution is -0.384. The van der Waals surface area contributed by atoms with Crippen LogP contribution < -0.4 is 5.32 Å². The minimum Gasteiger partial charge on any atom is -0.355 e. The van der Waals surface area contributed by atoms with Crippen molar-refractivity contribution < 1.29 is 9.72 Å². The third kappa shape index (κ3) is 6.88. The smallest absolute Gasteiger partial charge is 0.269 e. The molecule has 1 saturated heterocycles. The highest BCUT2D eigenvalue weighted by Gasteiger charge is 2.09. The first kappa shape index (κ1) is 18.7. The molecule has 1 N–H and O–H groups in total. The minimum atomic E-state index is -0.408. The number of thioether (sulfide) groups is 1. The lowest BCUT2D eigenvalue weighted by atomic mass is 10.1. The topological polar surface area (TPSA) is 75.5 Å². The van der Waals surface area contributed by atoms with Gasteiger partial charge in [0.25, 0.3) is 5.69 Å². The maximum absolute atomic E-state index is 11.8. The highest BCUT2D eigenvalue weighted by Crippen LogP contribution is 2.16. The number of nitrogens with zero attached hydrogens (tertiary/aromatic N) is 2. The average Bonchev–Trinajstić information content (AvgIpc) is 2.60. The van der Waals surface area contributed by atoms with E-state index in [1.54, 1.807) is 12.1 Å². The second-order valence-corrected chi connectivity index (χ2v) is 7.01. The maximum atomic E-state index is 11.8. The van der Waals surface area contributed by atoms with Crippen molar-refractivity contribution in [2.75, 3.05) is 31.9 Å². The Kier molecular flexibility index (Phi) is 8.04. The SMILES string of the molecule is O=C(CSCc1ccc([N+](=O)[O-])cc1)NCCCN1CCCCC1. The van der Waals surface area contributed by atoms with Crippen LogP contribution >= 0.6 is 11.8 Å². The molecule has 1 heterocycles. The van der Waals surface area contributed by atoms with E-state index in [0.717, 1.165) is 25.1 Å². The van der Waals surface area contributed by atoms with Crippen LogP contribution in [0.15, 0.2) is 24.3 Å². The number of likely N-dealkylation sites (tertiary alicyclic amines) is 1. The van der Waals surface area contributed by atoms with Gasteiger partial charge in [-0.2, -0.15) is 0 Å². The molecule has 0 aliphatic carbocycles. The van der Waals surface area contributed by atoms with Crippen molar-refractivity contribution in [2.45, 2.75) is 31.4 Å². The molecule has 1 amide bonds. The molecular formula is C17H25N3O3S. The van der Waals surface area contributed by atoms with E-state index in [1.807, 2.05) is 0 Å². The molecule has 0 bridgehead atoms. The number of rotatable bonds is 9. The zero-order valence-corrected chi connectivity index (χ0v) is 14.7. The van der Waals surface area contributed by atoms with Crippen molar-refractivity contribution in [3.8, 4) is 0 Å². The first-order valence-electron chi connectivity index (χ1n) is 8.45. The van der Waals surface area contributed by atoms with E-state index in [2.05, 4.69) is 10.2 Å². The minimum absolute atomic E-state index is 0.0561. The summed E-state index contributed by atoms with van der Waals surface area (Å²) in [4.78, 5) is 24.4. The van der Waals surface area contributed by atoms with Crippen molar-refractivity contribution in [1.29, 1.82) is 0 Å². The Bertz CT molecular complexity index is 530. The second-order valence-electron chi connectivity index (χ2n) is 6.02. The van der Waals surface area contributed by atoms with E-state index >= 15 is 0 Å². The lowest BCUT2D eigenvalue weighted by Gasteiger charge is -2.26. The summed E-state index contributed by atoms with van der Waals surface area (Å²) in [6.45, 7) is 4.18. The number of nitro benzene ring substituents is 1. The summed E-state index contributed by atoms with van der Waals surface area (Å²) in [5.41, 5.74) is 1.08. The van der Waals surface area contributed by atoms with Crippen LogP contribution in [0.4, 0.5) is 5.69 Å². The fraction of sp³-hybridized carbons (Fsp3) is 0.588. The van der Waals surface area contributed by atoms with Crippen LogP contribution in [-0.2, 0) is 10.5 Å². The number of hydrogen-bond acceptors (Lipinski definition) is 5. The van der Waals surface area contributed by atoms with Gasteiger partial charge >= 0.3 is 0 Å². The van der Waals surface area contributed by atoms with E-state index < -0.39 is 4.92 Å². The maximum Gasteiger partial charge on any atom is 0.269 e. The molecule has 1 aliphatic rings. The van der Waals surface area contributed by atoms with Crippen molar-refractivity contribution in [1.82, 2.24) is 10.2 Å². The summed E-state index contributed by atoms with van der Waals surface area (Å²) in [5.74, 6) is 1.15. The molecule has 0 atom stereocenters. The van der Waals surface area contributed by atoms with Crippen molar-refractivity contribution in [2.24, 2.45) is 0 Å². The summed E-state index contributed by atoms with van der Waals surface area (Å²) in [7, 11) is 0. The van der Waals surface area contributed by atoms with Crippen LogP contribution in [-0.4, -0.2) is 47.7 Å². The van der Waals surface area contributed by atoms with E-state index in [9.17, 15) is 14.9 Å². The van der Waals surface area contributed by atoms with E-state index in [1.165, 1.54) is 56.2 Å². The van der Waals surface area contributed by atoms with Crippen molar-refractivity contribution >= 4 is 23.4 Å². The summed E-state index contributed by atoms with van der Waals surface area (Å²) in [6.07, 6.45) is 4.94. The molecule has 0 unspecified atom stereocenters. The number of nitrogens with one attached hydrogen (secondary N) is 1. The number of benzene rings is 1. The summed E-state index contributed by atoms with van der Waals surface area (Å²) in [6, 6.07) is 6.47. The van der Waals surface area contributed by atoms with Gasteiger partial charge in [-0.15, -0.1) is 11.8 Å². The molecule has 1 aromatic carbocycles. The molecule has 7 heteroatoms. The molecule has 0 aromatic heterocycles. The Balaban J connectivity index is 1.53. The third-order valence-electron chi connectivity index (χ3n) is 4.07. The van der Waals surface area contributed by atoms with Gasteiger partial charge < -0.3 is 10.2 Å². The quantitative estimate of drug-likeness (QED) is 0.421. The van der Waals surface area contributed by atoms with Crippen LogP contribution in [0.1, 0.15) is 31.2 Å². The lowest BCUT2D eigenvalue weighted by Crippen LogP contribution is -2.33. The van der Waals surface area contributed by atoms with Crippen LogP contribution in [0, 0.1) is 10.1 Å². The van der Waals surface area contributed by atoms with Gasteiger partial charge in [0.05, 0.1) is 10.7 Å². The molecule has 0 saturated carbocycles. The van der Waals surface area contributed by atoms with Gasteiger partial charge in [-0.25, -0.2) is 0 Å². The predicted molar refractivity (Wildman–Crippen MR) is 97.2 cm³/mol.